The number of sulfonamides is 1. The summed E-state index contributed by atoms with van der Waals surface area (Å²) < 4.78 is 40.5. The number of H-pyrrole nitrogens is 1. The van der Waals surface area contributed by atoms with Crippen LogP contribution in [0.2, 0.25) is 0 Å². The minimum absolute atomic E-state index is 0.0289. The average Bonchev–Trinajstić information content (AvgIpc) is 2.94. The Kier molecular flexibility index (Phi) is 4.71. The number of nitrogens with one attached hydrogen (secondary N) is 2. The van der Waals surface area contributed by atoms with Gasteiger partial charge in [-0.15, -0.1) is 0 Å². The average molecular weight is 313 g/mol. The third-order valence-electron chi connectivity index (χ3n) is 3.07. The van der Waals surface area contributed by atoms with Crippen LogP contribution in [0.1, 0.15) is 16.8 Å². The number of nitrogens with zero attached hydrogens (tertiary/aromatic N) is 1. The fourth-order valence-corrected chi connectivity index (χ4v) is 3.23. The molecule has 0 radical (unpaired) electrons. The van der Waals surface area contributed by atoms with Gasteiger partial charge in [0.05, 0.1) is 17.8 Å². The molecule has 21 heavy (non-hydrogen) atoms. The number of imidazole rings is 1. The Labute approximate surface area is 122 Å². The topological polar surface area (TPSA) is 95.1 Å². The van der Waals surface area contributed by atoms with Crippen LogP contribution in [0, 0.1) is 12.7 Å². The van der Waals surface area contributed by atoms with Crippen molar-refractivity contribution in [1.29, 1.82) is 0 Å². The van der Waals surface area contributed by atoms with Crippen LogP contribution in [-0.4, -0.2) is 30.0 Å². The maximum Gasteiger partial charge on any atom is 0.240 e. The molecule has 3 N–H and O–H groups in total. The zero-order valence-corrected chi connectivity index (χ0v) is 12.2. The van der Waals surface area contributed by atoms with E-state index in [1.54, 1.807) is 6.20 Å². The van der Waals surface area contributed by atoms with Crippen LogP contribution in [0.4, 0.5) is 4.39 Å². The van der Waals surface area contributed by atoms with Crippen molar-refractivity contribution in [3.63, 3.8) is 0 Å². The SMILES string of the molecule is Cc1c(F)cc(CO)cc1S(=O)(=O)NCCc1cnc[nH]1. The van der Waals surface area contributed by atoms with E-state index in [0.717, 1.165) is 11.8 Å². The number of aromatic nitrogens is 2. The van der Waals surface area contributed by atoms with Crippen LogP contribution < -0.4 is 4.72 Å². The van der Waals surface area contributed by atoms with Crippen molar-refractivity contribution in [2.24, 2.45) is 0 Å². The second-order valence-electron chi connectivity index (χ2n) is 4.58. The second kappa shape index (κ2) is 6.33. The van der Waals surface area contributed by atoms with Crippen LogP contribution in [0.25, 0.3) is 0 Å². The maximum atomic E-state index is 13.7. The van der Waals surface area contributed by atoms with Gasteiger partial charge in [0.1, 0.15) is 5.82 Å². The molecule has 0 saturated carbocycles. The minimum atomic E-state index is -3.83. The molecule has 0 aliphatic carbocycles. The van der Waals surface area contributed by atoms with Crippen molar-refractivity contribution in [3.05, 3.63) is 47.3 Å². The van der Waals surface area contributed by atoms with E-state index in [-0.39, 0.29) is 22.6 Å². The standard InChI is InChI=1S/C13H16FN3O3S/c1-9-12(14)4-10(7-18)5-13(9)21(19,20)17-3-2-11-6-15-8-16-11/h4-6,8,17-18H,2-3,7H2,1H3,(H,15,16). The van der Waals surface area contributed by atoms with Crippen LogP contribution in [0.15, 0.2) is 29.6 Å². The first kappa shape index (κ1) is 15.6. The molecule has 1 aromatic heterocycles. The van der Waals surface area contributed by atoms with Crippen LogP contribution in [0.5, 0.6) is 0 Å². The van der Waals surface area contributed by atoms with Crippen LogP contribution >= 0.6 is 0 Å². The largest absolute Gasteiger partial charge is 0.392 e. The summed E-state index contributed by atoms with van der Waals surface area (Å²) in [5.41, 5.74) is 1.04. The first-order chi connectivity index (χ1) is 9.94. The highest BCUT2D eigenvalue weighted by Gasteiger charge is 2.19. The predicted octanol–water partition coefficient (Wildman–Crippen LogP) is 0.871. The molecule has 2 aromatic rings. The van der Waals surface area contributed by atoms with Gasteiger partial charge < -0.3 is 10.1 Å². The molecule has 0 spiro atoms. The number of hydrogen-bond donors (Lipinski definition) is 3. The molecule has 0 aliphatic rings. The lowest BCUT2D eigenvalue weighted by molar-refractivity contribution is 0.281. The Bertz CT molecular complexity index is 715. The van der Waals surface area contributed by atoms with Gasteiger partial charge in [-0.05, 0) is 24.6 Å². The number of aliphatic hydroxyl groups is 1. The van der Waals surface area contributed by atoms with E-state index in [0.29, 0.717) is 6.42 Å². The quantitative estimate of drug-likeness (QED) is 0.737. The van der Waals surface area contributed by atoms with Crippen LogP contribution in [-0.2, 0) is 23.1 Å². The van der Waals surface area contributed by atoms with Gasteiger partial charge in [0.15, 0.2) is 0 Å². The molecule has 0 amide bonds. The number of benzene rings is 1. The maximum absolute atomic E-state index is 13.7. The molecule has 2 rings (SSSR count). The van der Waals surface area contributed by atoms with E-state index in [2.05, 4.69) is 14.7 Å². The first-order valence-electron chi connectivity index (χ1n) is 6.31. The molecule has 1 aromatic carbocycles. The Morgan fingerprint density at radius 3 is 2.81 bits per heavy atom. The highest BCUT2D eigenvalue weighted by molar-refractivity contribution is 7.89. The highest BCUT2D eigenvalue weighted by atomic mass is 32.2. The third kappa shape index (κ3) is 3.66. The molecule has 0 aliphatic heterocycles. The highest BCUT2D eigenvalue weighted by Crippen LogP contribution is 2.20. The Morgan fingerprint density at radius 1 is 1.43 bits per heavy atom. The fraction of sp³-hybridized carbons (Fsp3) is 0.308. The number of aliphatic hydroxyl groups excluding tert-OH is 1. The van der Waals surface area contributed by atoms with Crippen molar-refractivity contribution >= 4 is 10.0 Å². The summed E-state index contributed by atoms with van der Waals surface area (Å²) in [7, 11) is -3.83. The van der Waals surface area contributed by atoms with E-state index in [1.807, 2.05) is 0 Å². The molecule has 0 fully saturated rings. The zero-order chi connectivity index (χ0) is 15.5. The van der Waals surface area contributed by atoms with E-state index >= 15 is 0 Å². The molecule has 8 heteroatoms. The molecule has 0 atom stereocenters. The van der Waals surface area contributed by atoms with E-state index < -0.39 is 22.4 Å². The molecule has 1 heterocycles. The molecule has 114 valence electrons. The second-order valence-corrected chi connectivity index (χ2v) is 6.32. The van der Waals surface area contributed by atoms with Crippen molar-refractivity contribution < 1.29 is 17.9 Å². The van der Waals surface area contributed by atoms with Crippen molar-refractivity contribution in [2.75, 3.05) is 6.54 Å². The monoisotopic (exact) mass is 313 g/mol. The Morgan fingerprint density at radius 2 is 2.19 bits per heavy atom. The summed E-state index contributed by atoms with van der Waals surface area (Å²) in [6, 6.07) is 2.40. The predicted molar refractivity (Wildman–Crippen MR) is 74.5 cm³/mol. The third-order valence-corrected chi connectivity index (χ3v) is 4.66. The van der Waals surface area contributed by atoms with Crippen molar-refractivity contribution in [2.45, 2.75) is 24.8 Å². The van der Waals surface area contributed by atoms with Gasteiger partial charge in [-0.1, -0.05) is 0 Å². The summed E-state index contributed by atoms with van der Waals surface area (Å²) in [6.45, 7) is 1.13. The summed E-state index contributed by atoms with van der Waals surface area (Å²) >= 11 is 0. The van der Waals surface area contributed by atoms with E-state index in [9.17, 15) is 12.8 Å². The Hall–Kier alpha value is -1.77. The van der Waals surface area contributed by atoms with Gasteiger partial charge in [-0.25, -0.2) is 22.5 Å². The zero-order valence-electron chi connectivity index (χ0n) is 11.4. The molecule has 6 nitrogen and oxygen atoms in total. The summed E-state index contributed by atoms with van der Waals surface area (Å²) in [5.74, 6) is -0.657. The lowest BCUT2D eigenvalue weighted by Crippen LogP contribution is -2.27. The minimum Gasteiger partial charge on any atom is -0.392 e. The van der Waals surface area contributed by atoms with Crippen molar-refractivity contribution in [1.82, 2.24) is 14.7 Å². The number of halogens is 1. The summed E-state index contributed by atoms with van der Waals surface area (Å²) in [5, 5.41) is 9.05. The molecular formula is C13H16FN3O3S. The van der Waals surface area contributed by atoms with Gasteiger partial charge >= 0.3 is 0 Å². The van der Waals surface area contributed by atoms with Gasteiger partial charge in [0.25, 0.3) is 0 Å². The van der Waals surface area contributed by atoms with Crippen molar-refractivity contribution in [3.8, 4) is 0 Å². The Balaban J connectivity index is 2.17. The number of rotatable bonds is 6. The molecule has 0 bridgehead atoms. The fourth-order valence-electron chi connectivity index (χ4n) is 1.90. The summed E-state index contributed by atoms with van der Waals surface area (Å²) in [6.07, 6.45) is 3.56. The lowest BCUT2D eigenvalue weighted by atomic mass is 10.1. The van der Waals surface area contributed by atoms with Crippen LogP contribution in [0.3, 0.4) is 0 Å². The first-order valence-corrected chi connectivity index (χ1v) is 7.79. The normalized spacial score (nSPS) is 11.8. The number of aromatic amines is 1. The number of hydrogen-bond acceptors (Lipinski definition) is 4. The van der Waals surface area contributed by atoms with Gasteiger partial charge in [0, 0.05) is 30.4 Å². The van der Waals surface area contributed by atoms with E-state index in [1.165, 1.54) is 19.3 Å². The van der Waals surface area contributed by atoms with Gasteiger partial charge in [-0.3, -0.25) is 0 Å². The van der Waals surface area contributed by atoms with Gasteiger partial charge in [-0.2, -0.15) is 0 Å². The van der Waals surface area contributed by atoms with Gasteiger partial charge in [0.2, 0.25) is 10.0 Å². The molecule has 0 saturated heterocycles. The summed E-state index contributed by atoms with van der Waals surface area (Å²) in [4.78, 5) is 6.54. The van der Waals surface area contributed by atoms with E-state index in [4.69, 9.17) is 5.11 Å². The molecule has 0 unspecified atom stereocenters. The molecular weight excluding hydrogens is 297 g/mol. The smallest absolute Gasteiger partial charge is 0.240 e. The lowest BCUT2D eigenvalue weighted by Gasteiger charge is -2.11.